The number of carbonyl (C=O) groups excluding carboxylic acids is 1. The molecule has 0 aromatic carbocycles. The molecule has 2 atom stereocenters. The summed E-state index contributed by atoms with van der Waals surface area (Å²) in [5.41, 5.74) is 0. The van der Waals surface area contributed by atoms with Crippen molar-refractivity contribution in [2.45, 2.75) is 43.0 Å². The molecule has 1 fully saturated rings. The molecule has 1 aliphatic heterocycles. The minimum Gasteiger partial charge on any atom is -0.360 e. The zero-order valence-corrected chi connectivity index (χ0v) is 16.4. The summed E-state index contributed by atoms with van der Waals surface area (Å²) in [5, 5.41) is 15.0. The van der Waals surface area contributed by atoms with E-state index in [2.05, 4.69) is 20.7 Å². The molecule has 142 valence electrons. The van der Waals surface area contributed by atoms with Crippen LogP contribution in [0.15, 0.2) is 15.7 Å². The number of sulfone groups is 1. The Morgan fingerprint density at radius 3 is 2.85 bits per heavy atom. The van der Waals surface area contributed by atoms with Gasteiger partial charge >= 0.3 is 0 Å². The zero-order valence-electron chi connectivity index (χ0n) is 14.8. The second-order valence-electron chi connectivity index (χ2n) is 6.33. The number of amides is 1. The molecule has 11 heteroatoms. The number of nitrogens with zero attached hydrogens (tertiary/aromatic N) is 4. The summed E-state index contributed by atoms with van der Waals surface area (Å²) in [5.74, 6) is 1.59. The van der Waals surface area contributed by atoms with E-state index < -0.39 is 9.84 Å². The number of aromatic nitrogens is 4. The normalized spacial score (nSPS) is 20.2. The average Bonchev–Trinajstić information content (AvgIpc) is 3.25. The molecule has 1 N–H and O–H groups in total. The lowest BCUT2D eigenvalue weighted by atomic mass is 10.1. The van der Waals surface area contributed by atoms with Crippen LogP contribution >= 0.6 is 11.8 Å². The van der Waals surface area contributed by atoms with E-state index in [1.54, 1.807) is 24.6 Å². The Morgan fingerprint density at radius 2 is 2.27 bits per heavy atom. The maximum atomic E-state index is 12.5. The van der Waals surface area contributed by atoms with Crippen molar-refractivity contribution in [1.29, 1.82) is 0 Å². The van der Waals surface area contributed by atoms with Crippen LogP contribution in [-0.4, -0.2) is 51.0 Å². The number of thioether (sulfide) groups is 1. The third kappa shape index (κ3) is 4.09. The van der Waals surface area contributed by atoms with Crippen LogP contribution in [-0.2, 0) is 21.7 Å². The number of aryl methyl sites for hydroxylation is 1. The minimum atomic E-state index is -2.99. The Kier molecular flexibility index (Phi) is 5.37. The van der Waals surface area contributed by atoms with Crippen LogP contribution in [0.1, 0.15) is 37.3 Å². The highest BCUT2D eigenvalue weighted by molar-refractivity contribution is 8.00. The van der Waals surface area contributed by atoms with Crippen molar-refractivity contribution in [2.24, 2.45) is 7.05 Å². The topological polar surface area (TPSA) is 120 Å². The third-order valence-electron chi connectivity index (χ3n) is 4.26. The number of carbonyl (C=O) groups is 1. The molecular formula is C15H21N5O4S2. The number of nitrogens with one attached hydrogen (secondary N) is 1. The predicted octanol–water partition coefficient (Wildman–Crippen LogP) is 1.52. The fourth-order valence-corrected chi connectivity index (χ4v) is 5.53. The molecule has 0 aliphatic carbocycles. The van der Waals surface area contributed by atoms with E-state index in [1.807, 2.05) is 6.92 Å². The number of hydrogen-bond donors (Lipinski definition) is 1. The predicted molar refractivity (Wildman–Crippen MR) is 96.8 cm³/mol. The van der Waals surface area contributed by atoms with Crippen molar-refractivity contribution in [1.82, 2.24) is 19.9 Å². The maximum absolute atomic E-state index is 12.5. The van der Waals surface area contributed by atoms with Gasteiger partial charge in [-0.1, -0.05) is 23.8 Å². The molecule has 2 unspecified atom stereocenters. The molecule has 0 bridgehead atoms. The molecule has 26 heavy (non-hydrogen) atoms. The van der Waals surface area contributed by atoms with E-state index in [9.17, 15) is 13.2 Å². The molecule has 3 rings (SSSR count). The zero-order chi connectivity index (χ0) is 18.9. The highest BCUT2D eigenvalue weighted by atomic mass is 32.2. The Morgan fingerprint density at radius 1 is 1.50 bits per heavy atom. The van der Waals surface area contributed by atoms with Gasteiger partial charge in [0.25, 0.3) is 0 Å². The maximum Gasteiger partial charge on any atom is 0.239 e. The van der Waals surface area contributed by atoms with Crippen LogP contribution < -0.4 is 5.32 Å². The summed E-state index contributed by atoms with van der Waals surface area (Å²) in [7, 11) is -1.19. The number of hydrogen-bond acceptors (Lipinski definition) is 8. The summed E-state index contributed by atoms with van der Waals surface area (Å²) in [6.07, 6.45) is 1.15. The Balaban J connectivity index is 1.70. The SMILES string of the molecule is CCC(Sc1nnc(C2CCS(=O)(=O)C2)n1C)C(=O)Nc1cc(C)on1. The van der Waals surface area contributed by atoms with Crippen molar-refractivity contribution in [3.63, 3.8) is 0 Å². The number of anilines is 1. The monoisotopic (exact) mass is 399 g/mol. The summed E-state index contributed by atoms with van der Waals surface area (Å²) in [4.78, 5) is 12.5. The van der Waals surface area contributed by atoms with Crippen molar-refractivity contribution >= 4 is 33.3 Å². The lowest BCUT2D eigenvalue weighted by molar-refractivity contribution is -0.115. The first kappa shape index (κ1) is 18.9. The van der Waals surface area contributed by atoms with Gasteiger partial charge in [-0.3, -0.25) is 4.79 Å². The highest BCUT2D eigenvalue weighted by Crippen LogP contribution is 2.31. The molecule has 0 saturated carbocycles. The first-order chi connectivity index (χ1) is 12.3. The van der Waals surface area contributed by atoms with E-state index in [1.165, 1.54) is 11.8 Å². The molecule has 1 amide bonds. The summed E-state index contributed by atoms with van der Waals surface area (Å²) >= 11 is 1.30. The van der Waals surface area contributed by atoms with Crippen LogP contribution in [0.5, 0.6) is 0 Å². The highest BCUT2D eigenvalue weighted by Gasteiger charge is 2.33. The van der Waals surface area contributed by atoms with Gasteiger partial charge in [-0.25, -0.2) is 8.42 Å². The lowest BCUT2D eigenvalue weighted by Gasteiger charge is -2.13. The largest absolute Gasteiger partial charge is 0.360 e. The fourth-order valence-electron chi connectivity index (χ4n) is 2.86. The van der Waals surface area contributed by atoms with Gasteiger partial charge in [-0.2, -0.15) is 0 Å². The molecule has 3 heterocycles. The van der Waals surface area contributed by atoms with Gasteiger partial charge in [0.15, 0.2) is 20.8 Å². The van der Waals surface area contributed by atoms with Crippen LogP contribution in [0.2, 0.25) is 0 Å². The van der Waals surface area contributed by atoms with Crippen molar-refractivity contribution < 1.29 is 17.7 Å². The molecular weight excluding hydrogens is 378 g/mol. The van der Waals surface area contributed by atoms with Gasteiger partial charge in [0.2, 0.25) is 5.91 Å². The van der Waals surface area contributed by atoms with Gasteiger partial charge in [-0.15, -0.1) is 10.2 Å². The van der Waals surface area contributed by atoms with Gasteiger partial charge in [0.05, 0.1) is 16.8 Å². The second kappa shape index (κ2) is 7.39. The average molecular weight is 399 g/mol. The smallest absolute Gasteiger partial charge is 0.239 e. The minimum absolute atomic E-state index is 0.104. The molecule has 2 aromatic rings. The lowest BCUT2D eigenvalue weighted by Crippen LogP contribution is -2.25. The van der Waals surface area contributed by atoms with Gasteiger partial charge in [0.1, 0.15) is 11.6 Å². The molecule has 1 saturated heterocycles. The van der Waals surface area contributed by atoms with Gasteiger partial charge in [0, 0.05) is 19.0 Å². The standard InChI is InChI=1S/C15H21N5O4S2/c1-4-11(14(21)16-12-7-9(2)24-19-12)25-15-18-17-13(20(15)3)10-5-6-26(22,23)8-10/h7,10-11H,4-6,8H2,1-3H3,(H,16,19,21). The van der Waals surface area contributed by atoms with Crippen LogP contribution in [0, 0.1) is 6.92 Å². The summed E-state index contributed by atoms with van der Waals surface area (Å²) in [6, 6.07) is 1.65. The first-order valence-electron chi connectivity index (χ1n) is 8.29. The van der Waals surface area contributed by atoms with Crippen LogP contribution in [0.3, 0.4) is 0 Å². The van der Waals surface area contributed by atoms with Crippen LogP contribution in [0.25, 0.3) is 0 Å². The quantitative estimate of drug-likeness (QED) is 0.726. The van der Waals surface area contributed by atoms with E-state index in [4.69, 9.17) is 4.52 Å². The van der Waals surface area contributed by atoms with Crippen molar-refractivity contribution in [3.05, 3.63) is 17.7 Å². The fraction of sp³-hybridized carbons (Fsp3) is 0.600. The molecule has 2 aromatic heterocycles. The second-order valence-corrected chi connectivity index (χ2v) is 9.73. The first-order valence-corrected chi connectivity index (χ1v) is 11.0. The Hall–Kier alpha value is -1.88. The van der Waals surface area contributed by atoms with E-state index in [0.717, 1.165) is 0 Å². The Labute approximate surface area is 155 Å². The molecule has 0 spiro atoms. The van der Waals surface area contributed by atoms with Gasteiger partial charge in [-0.05, 0) is 19.8 Å². The molecule has 9 nitrogen and oxygen atoms in total. The van der Waals surface area contributed by atoms with E-state index >= 15 is 0 Å². The summed E-state index contributed by atoms with van der Waals surface area (Å²) < 4.78 is 30.1. The molecule has 0 radical (unpaired) electrons. The van der Waals surface area contributed by atoms with Crippen LogP contribution in [0.4, 0.5) is 5.82 Å². The van der Waals surface area contributed by atoms with E-state index in [0.29, 0.717) is 35.4 Å². The summed E-state index contributed by atoms with van der Waals surface area (Å²) in [6.45, 7) is 3.66. The van der Waals surface area contributed by atoms with Crippen molar-refractivity contribution in [2.75, 3.05) is 16.8 Å². The van der Waals surface area contributed by atoms with E-state index in [-0.39, 0.29) is 28.6 Å². The Bertz CT molecular complexity index is 905. The third-order valence-corrected chi connectivity index (χ3v) is 7.42. The van der Waals surface area contributed by atoms with Crippen molar-refractivity contribution in [3.8, 4) is 0 Å². The van der Waals surface area contributed by atoms with Gasteiger partial charge < -0.3 is 14.4 Å². The number of rotatable bonds is 6. The molecule has 1 aliphatic rings.